The third-order valence-corrected chi connectivity index (χ3v) is 5.09. The highest BCUT2D eigenvalue weighted by Gasteiger charge is 2.42. The Balaban J connectivity index is 2.00. The minimum Gasteiger partial charge on any atom is -0.480 e. The lowest BCUT2D eigenvalue weighted by Gasteiger charge is -2.36. The molecule has 2 N–H and O–H groups in total. The molecule has 2 amide bonds. The Labute approximate surface area is 127 Å². The molecule has 1 saturated heterocycles. The van der Waals surface area contributed by atoms with Gasteiger partial charge in [0.2, 0.25) is 0 Å². The second-order valence-electron chi connectivity index (χ2n) is 7.38. The van der Waals surface area contributed by atoms with Gasteiger partial charge >= 0.3 is 12.0 Å². The van der Waals surface area contributed by atoms with Gasteiger partial charge in [0.05, 0.1) is 0 Å². The zero-order chi connectivity index (χ0) is 15.5. The largest absolute Gasteiger partial charge is 0.480 e. The van der Waals surface area contributed by atoms with E-state index in [1.165, 1.54) is 0 Å². The summed E-state index contributed by atoms with van der Waals surface area (Å²) in [7, 11) is 0. The highest BCUT2D eigenvalue weighted by Crippen LogP contribution is 2.31. The van der Waals surface area contributed by atoms with Gasteiger partial charge in [-0.05, 0) is 37.5 Å². The maximum Gasteiger partial charge on any atom is 0.329 e. The van der Waals surface area contributed by atoms with Crippen molar-refractivity contribution in [2.75, 3.05) is 13.1 Å². The van der Waals surface area contributed by atoms with Crippen LogP contribution in [0.5, 0.6) is 0 Å². The summed E-state index contributed by atoms with van der Waals surface area (Å²) in [6.45, 7) is 5.90. The second-order valence-corrected chi connectivity index (χ2v) is 7.38. The number of likely N-dealkylation sites (tertiary alicyclic amines) is 1. The fraction of sp³-hybridized carbons (Fsp3) is 0.875. The van der Waals surface area contributed by atoms with E-state index in [9.17, 15) is 14.7 Å². The number of urea groups is 1. The third kappa shape index (κ3) is 3.89. The van der Waals surface area contributed by atoms with Gasteiger partial charge in [0, 0.05) is 13.1 Å². The molecule has 0 spiro atoms. The Bertz CT molecular complexity index is 400. The van der Waals surface area contributed by atoms with Crippen LogP contribution in [0.1, 0.15) is 65.2 Å². The summed E-state index contributed by atoms with van der Waals surface area (Å²) < 4.78 is 0. The minimum absolute atomic E-state index is 0.197. The zero-order valence-corrected chi connectivity index (χ0v) is 13.3. The Kier molecular flexibility index (Phi) is 4.79. The minimum atomic E-state index is -1.04. The summed E-state index contributed by atoms with van der Waals surface area (Å²) in [5.41, 5.74) is -0.776. The SMILES string of the molecule is CC1(C)CCCN(C(=O)NC2(C(=O)O)CCCCC2)CC1. The van der Waals surface area contributed by atoms with Gasteiger partial charge in [-0.25, -0.2) is 9.59 Å². The molecule has 2 fully saturated rings. The number of rotatable bonds is 2. The molecule has 1 aliphatic heterocycles. The highest BCUT2D eigenvalue weighted by molar-refractivity contribution is 5.86. The molecule has 2 aliphatic rings. The number of nitrogens with one attached hydrogen (secondary N) is 1. The van der Waals surface area contributed by atoms with E-state index in [0.717, 1.165) is 45.1 Å². The Morgan fingerprint density at radius 2 is 1.62 bits per heavy atom. The van der Waals surface area contributed by atoms with Crippen LogP contribution in [0.3, 0.4) is 0 Å². The number of nitrogens with zero attached hydrogens (tertiary/aromatic N) is 1. The number of hydrogen-bond acceptors (Lipinski definition) is 2. The lowest BCUT2D eigenvalue weighted by molar-refractivity contribution is -0.146. The number of amides is 2. The monoisotopic (exact) mass is 296 g/mol. The Hall–Kier alpha value is -1.26. The number of carboxylic acids is 1. The molecular formula is C16H28N2O3. The average molecular weight is 296 g/mol. The molecule has 0 unspecified atom stereocenters. The van der Waals surface area contributed by atoms with Crippen molar-refractivity contribution >= 4 is 12.0 Å². The fourth-order valence-corrected chi connectivity index (χ4v) is 3.46. The first-order chi connectivity index (χ1) is 9.85. The summed E-state index contributed by atoms with van der Waals surface area (Å²) in [6.07, 6.45) is 6.98. The molecule has 1 aliphatic carbocycles. The van der Waals surface area contributed by atoms with Crippen LogP contribution in [-0.2, 0) is 4.79 Å². The van der Waals surface area contributed by atoms with E-state index in [1.807, 2.05) is 0 Å². The Morgan fingerprint density at radius 1 is 0.952 bits per heavy atom. The molecule has 0 bridgehead atoms. The predicted octanol–water partition coefficient (Wildman–Crippen LogP) is 3.00. The molecule has 2 rings (SSSR count). The van der Waals surface area contributed by atoms with Gasteiger partial charge in [0.15, 0.2) is 0 Å². The van der Waals surface area contributed by atoms with Crippen molar-refractivity contribution in [2.45, 2.75) is 70.8 Å². The molecule has 0 aromatic carbocycles. The first kappa shape index (κ1) is 16.1. The number of carbonyl (C=O) groups excluding carboxylic acids is 1. The lowest BCUT2D eigenvalue weighted by atomic mass is 9.82. The third-order valence-electron chi connectivity index (χ3n) is 5.09. The van der Waals surface area contributed by atoms with Crippen LogP contribution in [0, 0.1) is 5.41 Å². The van der Waals surface area contributed by atoms with E-state index < -0.39 is 11.5 Å². The smallest absolute Gasteiger partial charge is 0.329 e. The lowest BCUT2D eigenvalue weighted by Crippen LogP contribution is -2.58. The van der Waals surface area contributed by atoms with Crippen LogP contribution in [0.4, 0.5) is 4.79 Å². The number of carbonyl (C=O) groups is 2. The predicted molar refractivity (Wildman–Crippen MR) is 81.2 cm³/mol. The van der Waals surface area contributed by atoms with Crippen LogP contribution in [0.2, 0.25) is 0 Å². The summed E-state index contributed by atoms with van der Waals surface area (Å²) in [5.74, 6) is -0.884. The van der Waals surface area contributed by atoms with Gasteiger partial charge in [-0.1, -0.05) is 33.1 Å². The van der Waals surface area contributed by atoms with Crippen molar-refractivity contribution in [1.29, 1.82) is 0 Å². The molecule has 0 radical (unpaired) electrons. The first-order valence-electron chi connectivity index (χ1n) is 8.15. The van der Waals surface area contributed by atoms with E-state index in [1.54, 1.807) is 4.90 Å². The van der Waals surface area contributed by atoms with E-state index in [-0.39, 0.29) is 11.4 Å². The second kappa shape index (κ2) is 6.24. The van der Waals surface area contributed by atoms with Gasteiger partial charge in [-0.2, -0.15) is 0 Å². The van der Waals surface area contributed by atoms with Crippen LogP contribution < -0.4 is 5.32 Å². The van der Waals surface area contributed by atoms with Gasteiger partial charge in [0.1, 0.15) is 5.54 Å². The van der Waals surface area contributed by atoms with Crippen molar-refractivity contribution in [3.05, 3.63) is 0 Å². The number of aliphatic carboxylic acids is 1. The fourth-order valence-electron chi connectivity index (χ4n) is 3.46. The van der Waals surface area contributed by atoms with Crippen LogP contribution >= 0.6 is 0 Å². The van der Waals surface area contributed by atoms with E-state index in [0.29, 0.717) is 19.4 Å². The quantitative estimate of drug-likeness (QED) is 0.823. The molecule has 120 valence electrons. The van der Waals surface area contributed by atoms with E-state index >= 15 is 0 Å². The van der Waals surface area contributed by atoms with Crippen LogP contribution in [0.15, 0.2) is 0 Å². The summed E-state index contributed by atoms with van der Waals surface area (Å²) in [6, 6.07) is -0.197. The van der Waals surface area contributed by atoms with E-state index in [4.69, 9.17) is 0 Å². The average Bonchev–Trinajstić information content (AvgIpc) is 2.60. The van der Waals surface area contributed by atoms with Crippen molar-refractivity contribution in [1.82, 2.24) is 10.2 Å². The number of hydrogen-bond donors (Lipinski definition) is 2. The molecular weight excluding hydrogens is 268 g/mol. The normalized spacial score (nSPS) is 25.0. The van der Waals surface area contributed by atoms with Gasteiger partial charge in [-0.15, -0.1) is 0 Å². The van der Waals surface area contributed by atoms with Gasteiger partial charge in [0.25, 0.3) is 0 Å². The maximum absolute atomic E-state index is 12.5. The molecule has 0 aromatic heterocycles. The first-order valence-corrected chi connectivity index (χ1v) is 8.15. The van der Waals surface area contributed by atoms with Gasteiger partial charge < -0.3 is 15.3 Å². The van der Waals surface area contributed by atoms with E-state index in [2.05, 4.69) is 19.2 Å². The summed E-state index contributed by atoms with van der Waals surface area (Å²) in [4.78, 5) is 25.9. The molecule has 1 saturated carbocycles. The van der Waals surface area contributed by atoms with Crippen molar-refractivity contribution in [2.24, 2.45) is 5.41 Å². The molecule has 5 nitrogen and oxygen atoms in total. The standard InChI is InChI=1S/C16H28N2O3/c1-15(2)7-6-11-18(12-10-15)14(21)17-16(13(19)20)8-4-3-5-9-16/h3-12H2,1-2H3,(H,17,21)(H,19,20). The summed E-state index contributed by atoms with van der Waals surface area (Å²) >= 11 is 0. The van der Waals surface area contributed by atoms with Crippen molar-refractivity contribution < 1.29 is 14.7 Å². The molecule has 1 heterocycles. The van der Waals surface area contributed by atoms with Crippen LogP contribution in [-0.4, -0.2) is 40.6 Å². The number of carboxylic acid groups (broad SMARTS) is 1. The van der Waals surface area contributed by atoms with Crippen LogP contribution in [0.25, 0.3) is 0 Å². The molecule has 21 heavy (non-hydrogen) atoms. The van der Waals surface area contributed by atoms with Crippen molar-refractivity contribution in [3.63, 3.8) is 0 Å². The van der Waals surface area contributed by atoms with Gasteiger partial charge in [-0.3, -0.25) is 0 Å². The van der Waals surface area contributed by atoms with Crippen molar-refractivity contribution in [3.8, 4) is 0 Å². The maximum atomic E-state index is 12.5. The Morgan fingerprint density at radius 3 is 2.24 bits per heavy atom. The topological polar surface area (TPSA) is 69.6 Å². The molecule has 0 atom stereocenters. The molecule has 5 heteroatoms. The zero-order valence-electron chi connectivity index (χ0n) is 13.3. The summed E-state index contributed by atoms with van der Waals surface area (Å²) in [5, 5.41) is 12.4. The highest BCUT2D eigenvalue weighted by atomic mass is 16.4. The molecule has 0 aromatic rings.